The van der Waals surface area contributed by atoms with Crippen LogP contribution in [0.5, 0.6) is 0 Å². The van der Waals surface area contributed by atoms with Crippen LogP contribution in [0.25, 0.3) is 0 Å². The highest BCUT2D eigenvalue weighted by Gasteiger charge is 2.18. The second-order valence-electron chi connectivity index (χ2n) is 4.50. The summed E-state index contributed by atoms with van der Waals surface area (Å²) in [6, 6.07) is 1.11. The topological polar surface area (TPSA) is 58.6 Å². The summed E-state index contributed by atoms with van der Waals surface area (Å²) in [7, 11) is 0. The lowest BCUT2D eigenvalue weighted by molar-refractivity contribution is 0.535. The normalized spacial score (nSPS) is 13.5. The lowest BCUT2D eigenvalue weighted by Crippen LogP contribution is -2.15. The first kappa shape index (κ1) is 13.2. The molecule has 1 aliphatic rings. The van der Waals surface area contributed by atoms with Gasteiger partial charge in [0.2, 0.25) is 5.95 Å². The molecule has 0 saturated carbocycles. The van der Waals surface area contributed by atoms with Crippen molar-refractivity contribution < 1.29 is 8.78 Å². The van der Waals surface area contributed by atoms with Crippen LogP contribution in [0.3, 0.4) is 0 Å². The third-order valence-electron chi connectivity index (χ3n) is 3.22. The van der Waals surface area contributed by atoms with Gasteiger partial charge in [-0.25, -0.2) is 14.4 Å². The zero-order chi connectivity index (χ0) is 14.1. The molecule has 4 nitrogen and oxygen atoms in total. The zero-order valence-corrected chi connectivity index (χ0v) is 11.3. The van der Waals surface area contributed by atoms with Crippen LogP contribution in [0.1, 0.15) is 23.2 Å². The number of aromatic nitrogens is 3. The average Bonchev–Trinajstić information content (AvgIpc) is 2.87. The van der Waals surface area contributed by atoms with E-state index in [0.717, 1.165) is 54.5 Å². The molecule has 0 aliphatic heterocycles. The minimum atomic E-state index is -0.832. The van der Waals surface area contributed by atoms with Crippen molar-refractivity contribution in [1.82, 2.24) is 15.0 Å². The summed E-state index contributed by atoms with van der Waals surface area (Å²) in [4.78, 5) is 22.2. The second kappa shape index (κ2) is 5.32. The minimum absolute atomic E-state index is 0.0350. The molecule has 2 aromatic rings. The van der Waals surface area contributed by atoms with Crippen molar-refractivity contribution in [1.29, 1.82) is 0 Å². The summed E-state index contributed by atoms with van der Waals surface area (Å²) < 4.78 is 26.9. The third-order valence-corrected chi connectivity index (χ3v) is 4.12. The standard InChI is InChI=1S/C13H11F2N3OS/c14-9-4-5-16-11(15)8(9)6-20-13-17-10-3-1-2-7(10)12(19)18-13/h4-5H,1-3,6H2,(H,17,18,19). The molecule has 0 radical (unpaired) electrons. The second-order valence-corrected chi connectivity index (χ2v) is 5.46. The monoisotopic (exact) mass is 295 g/mol. The van der Waals surface area contributed by atoms with E-state index < -0.39 is 11.8 Å². The number of nitrogens with one attached hydrogen (secondary N) is 1. The summed E-state index contributed by atoms with van der Waals surface area (Å²) >= 11 is 1.10. The highest BCUT2D eigenvalue weighted by molar-refractivity contribution is 7.98. The summed E-state index contributed by atoms with van der Waals surface area (Å²) in [5.74, 6) is -1.44. The number of nitrogens with zero attached hydrogens (tertiary/aromatic N) is 2. The summed E-state index contributed by atoms with van der Waals surface area (Å²) in [5, 5.41) is 0.387. The number of thioether (sulfide) groups is 1. The Morgan fingerprint density at radius 1 is 1.35 bits per heavy atom. The predicted molar refractivity (Wildman–Crippen MR) is 70.6 cm³/mol. The molecule has 20 heavy (non-hydrogen) atoms. The highest BCUT2D eigenvalue weighted by atomic mass is 32.2. The van der Waals surface area contributed by atoms with E-state index in [0.29, 0.717) is 5.16 Å². The SMILES string of the molecule is O=c1[nH]c(SCc2c(F)ccnc2F)nc2c1CCC2. The molecule has 0 bridgehead atoms. The Morgan fingerprint density at radius 3 is 3.00 bits per heavy atom. The molecule has 104 valence electrons. The maximum atomic E-state index is 13.5. The van der Waals surface area contributed by atoms with Gasteiger partial charge in [-0.15, -0.1) is 0 Å². The fraction of sp³-hybridized carbons (Fsp3) is 0.308. The minimum Gasteiger partial charge on any atom is -0.301 e. The van der Waals surface area contributed by atoms with Gasteiger partial charge in [0.25, 0.3) is 5.56 Å². The van der Waals surface area contributed by atoms with Crippen LogP contribution in [0, 0.1) is 11.8 Å². The molecule has 1 aliphatic carbocycles. The molecule has 3 rings (SSSR count). The van der Waals surface area contributed by atoms with Crippen LogP contribution < -0.4 is 5.56 Å². The van der Waals surface area contributed by atoms with Crippen LogP contribution in [0.4, 0.5) is 8.78 Å². The van der Waals surface area contributed by atoms with Crippen molar-refractivity contribution in [2.24, 2.45) is 0 Å². The fourth-order valence-corrected chi connectivity index (χ4v) is 3.08. The number of fused-ring (bicyclic) bond motifs is 1. The van der Waals surface area contributed by atoms with Crippen LogP contribution in [0.15, 0.2) is 22.2 Å². The van der Waals surface area contributed by atoms with Gasteiger partial charge in [0.05, 0.1) is 11.3 Å². The Hall–Kier alpha value is -1.76. The first-order valence-electron chi connectivity index (χ1n) is 6.19. The number of rotatable bonds is 3. The zero-order valence-electron chi connectivity index (χ0n) is 10.4. The number of aromatic amines is 1. The number of hydrogen-bond donors (Lipinski definition) is 1. The van der Waals surface area contributed by atoms with Gasteiger partial charge in [-0.2, -0.15) is 4.39 Å². The van der Waals surface area contributed by atoms with E-state index >= 15 is 0 Å². The van der Waals surface area contributed by atoms with Gasteiger partial charge in [-0.1, -0.05) is 11.8 Å². The largest absolute Gasteiger partial charge is 0.301 e. The molecule has 2 aromatic heterocycles. The maximum absolute atomic E-state index is 13.5. The summed E-state index contributed by atoms with van der Waals surface area (Å²) in [5.41, 5.74) is 1.26. The molecular formula is C13H11F2N3OS. The van der Waals surface area contributed by atoms with Crippen molar-refractivity contribution in [3.8, 4) is 0 Å². The predicted octanol–water partition coefficient (Wildman–Crippen LogP) is 2.22. The first-order valence-corrected chi connectivity index (χ1v) is 7.17. The Bertz CT molecular complexity index is 697. The van der Waals surface area contributed by atoms with E-state index in [1.807, 2.05) is 0 Å². The third kappa shape index (κ3) is 2.45. The van der Waals surface area contributed by atoms with Crippen LogP contribution >= 0.6 is 11.8 Å². The van der Waals surface area contributed by atoms with Crippen molar-refractivity contribution in [3.63, 3.8) is 0 Å². The van der Waals surface area contributed by atoms with Crippen LogP contribution in [-0.2, 0) is 18.6 Å². The highest BCUT2D eigenvalue weighted by Crippen LogP contribution is 2.24. The number of halogens is 2. The van der Waals surface area contributed by atoms with Gasteiger partial charge in [-0.3, -0.25) is 4.79 Å². The first-order chi connectivity index (χ1) is 9.65. The quantitative estimate of drug-likeness (QED) is 0.536. The number of H-pyrrole nitrogens is 1. The van der Waals surface area contributed by atoms with Crippen molar-refractivity contribution in [2.75, 3.05) is 0 Å². The number of pyridine rings is 1. The number of aryl methyl sites for hydroxylation is 1. The molecular weight excluding hydrogens is 284 g/mol. The lowest BCUT2D eigenvalue weighted by atomic mass is 10.3. The Kier molecular flexibility index (Phi) is 3.52. The molecule has 0 aromatic carbocycles. The summed E-state index contributed by atoms with van der Waals surface area (Å²) in [6.45, 7) is 0. The fourth-order valence-electron chi connectivity index (χ4n) is 2.20. The number of hydrogen-bond acceptors (Lipinski definition) is 4. The van der Waals surface area contributed by atoms with Gasteiger partial charge in [0, 0.05) is 17.5 Å². The van der Waals surface area contributed by atoms with Crippen LogP contribution in [0.2, 0.25) is 0 Å². The van der Waals surface area contributed by atoms with Gasteiger partial charge in [0.1, 0.15) is 5.82 Å². The Morgan fingerprint density at radius 2 is 2.20 bits per heavy atom. The molecule has 0 atom stereocenters. The van der Waals surface area contributed by atoms with Gasteiger partial charge >= 0.3 is 0 Å². The average molecular weight is 295 g/mol. The molecule has 0 spiro atoms. The van der Waals surface area contributed by atoms with Crippen molar-refractivity contribution in [2.45, 2.75) is 30.2 Å². The van der Waals surface area contributed by atoms with E-state index in [4.69, 9.17) is 0 Å². The summed E-state index contributed by atoms with van der Waals surface area (Å²) in [6.07, 6.45) is 3.52. The molecule has 1 N–H and O–H groups in total. The van der Waals surface area contributed by atoms with E-state index in [-0.39, 0.29) is 16.9 Å². The molecule has 2 heterocycles. The van der Waals surface area contributed by atoms with E-state index in [2.05, 4.69) is 15.0 Å². The van der Waals surface area contributed by atoms with Gasteiger partial charge in [-0.05, 0) is 25.3 Å². The molecule has 7 heteroatoms. The van der Waals surface area contributed by atoms with Gasteiger partial charge < -0.3 is 4.98 Å². The smallest absolute Gasteiger partial charge is 0.254 e. The van der Waals surface area contributed by atoms with Crippen molar-refractivity contribution >= 4 is 11.8 Å². The van der Waals surface area contributed by atoms with Gasteiger partial charge in [0.15, 0.2) is 5.16 Å². The lowest BCUT2D eigenvalue weighted by Gasteiger charge is -2.05. The molecule has 0 amide bonds. The molecule has 0 unspecified atom stereocenters. The molecule has 0 saturated heterocycles. The van der Waals surface area contributed by atoms with E-state index in [1.54, 1.807) is 0 Å². The Labute approximate surface area is 117 Å². The maximum Gasteiger partial charge on any atom is 0.254 e. The van der Waals surface area contributed by atoms with Crippen LogP contribution in [-0.4, -0.2) is 15.0 Å². The van der Waals surface area contributed by atoms with E-state index in [1.165, 1.54) is 0 Å². The van der Waals surface area contributed by atoms with Crippen molar-refractivity contribution in [3.05, 3.63) is 51.2 Å². The Balaban J connectivity index is 1.83. The molecule has 0 fully saturated rings. The van der Waals surface area contributed by atoms with E-state index in [9.17, 15) is 13.6 Å².